The third-order valence-corrected chi connectivity index (χ3v) is 6.67. The summed E-state index contributed by atoms with van der Waals surface area (Å²) in [5.74, 6) is 1.70. The summed E-state index contributed by atoms with van der Waals surface area (Å²) < 4.78 is 11.7. The van der Waals surface area contributed by atoms with E-state index in [9.17, 15) is 4.79 Å². The second kappa shape index (κ2) is 10.1. The summed E-state index contributed by atoms with van der Waals surface area (Å²) in [6.07, 6.45) is 0.967. The quantitative estimate of drug-likeness (QED) is 0.633. The van der Waals surface area contributed by atoms with Crippen LogP contribution in [0.2, 0.25) is 0 Å². The highest BCUT2D eigenvalue weighted by Crippen LogP contribution is 2.44. The Hall–Kier alpha value is -2.02. The Kier molecular flexibility index (Phi) is 7.58. The van der Waals surface area contributed by atoms with Crippen molar-refractivity contribution in [1.29, 1.82) is 0 Å². The molecule has 2 unspecified atom stereocenters. The van der Waals surface area contributed by atoms with E-state index < -0.39 is 0 Å². The molecule has 0 saturated heterocycles. The normalized spacial score (nSPS) is 18.0. The molecule has 0 bridgehead atoms. The molecular formula is C23H31N2O3S+. The minimum Gasteiger partial charge on any atom is -0.497 e. The third kappa shape index (κ3) is 4.94. The van der Waals surface area contributed by atoms with Crippen LogP contribution in [0.25, 0.3) is 0 Å². The number of rotatable bonds is 9. The van der Waals surface area contributed by atoms with Crippen molar-refractivity contribution in [2.24, 2.45) is 0 Å². The van der Waals surface area contributed by atoms with Crippen LogP contribution < -0.4 is 14.4 Å². The molecule has 1 heterocycles. The molecule has 2 aromatic rings. The summed E-state index contributed by atoms with van der Waals surface area (Å²) in [6, 6.07) is 14.0. The van der Waals surface area contributed by atoms with Crippen molar-refractivity contribution in [3.05, 3.63) is 48.0 Å². The van der Waals surface area contributed by atoms with E-state index in [4.69, 9.17) is 9.47 Å². The van der Waals surface area contributed by atoms with E-state index in [2.05, 4.69) is 24.8 Å². The van der Waals surface area contributed by atoms with Gasteiger partial charge < -0.3 is 14.4 Å². The molecule has 0 saturated carbocycles. The Bertz CT molecular complexity index is 839. The SMILES string of the molecule is CCN(CC)CCCOc1ccc(OC)cc1C1Sc2ccccc2[NH+]1C(C)=O. The van der Waals surface area contributed by atoms with E-state index in [1.807, 2.05) is 36.4 Å². The molecule has 0 aromatic heterocycles. The van der Waals surface area contributed by atoms with Gasteiger partial charge in [0.1, 0.15) is 11.5 Å². The summed E-state index contributed by atoms with van der Waals surface area (Å²) in [6.45, 7) is 9.79. The van der Waals surface area contributed by atoms with Crippen molar-refractivity contribution in [3.8, 4) is 11.5 Å². The first kappa shape index (κ1) is 21.7. The van der Waals surface area contributed by atoms with Crippen LogP contribution in [-0.4, -0.2) is 44.2 Å². The van der Waals surface area contributed by atoms with Crippen molar-refractivity contribution in [1.82, 2.24) is 4.90 Å². The number of nitrogens with one attached hydrogen (secondary N) is 1. The predicted molar refractivity (Wildman–Crippen MR) is 117 cm³/mol. The number of ether oxygens (including phenoxy) is 2. The number of amides is 1. The molecule has 3 rings (SSSR count). The summed E-state index contributed by atoms with van der Waals surface area (Å²) in [5.41, 5.74) is 2.03. The Morgan fingerprint density at radius 3 is 2.62 bits per heavy atom. The van der Waals surface area contributed by atoms with E-state index >= 15 is 0 Å². The molecule has 1 aliphatic rings. The van der Waals surface area contributed by atoms with E-state index in [-0.39, 0.29) is 11.3 Å². The van der Waals surface area contributed by atoms with Gasteiger partial charge in [-0.25, -0.2) is 9.69 Å². The van der Waals surface area contributed by atoms with Crippen LogP contribution in [-0.2, 0) is 4.79 Å². The van der Waals surface area contributed by atoms with Crippen molar-refractivity contribution < 1.29 is 19.2 Å². The minimum atomic E-state index is -0.0854. The second-order valence-corrected chi connectivity index (χ2v) is 8.24. The number of carbonyl (C=O) groups is 1. The first-order chi connectivity index (χ1) is 14.1. The van der Waals surface area contributed by atoms with E-state index in [1.54, 1.807) is 25.8 Å². The molecule has 1 N–H and O–H groups in total. The maximum absolute atomic E-state index is 12.5. The molecule has 1 amide bonds. The van der Waals surface area contributed by atoms with Crippen molar-refractivity contribution >= 4 is 23.4 Å². The molecule has 2 aromatic carbocycles. The lowest BCUT2D eigenvalue weighted by Gasteiger charge is -2.21. The molecule has 156 valence electrons. The molecule has 0 radical (unpaired) electrons. The van der Waals surface area contributed by atoms with Crippen LogP contribution in [0.5, 0.6) is 11.5 Å². The lowest BCUT2D eigenvalue weighted by Crippen LogP contribution is -3.08. The van der Waals surface area contributed by atoms with Gasteiger partial charge in [0, 0.05) is 12.6 Å². The van der Waals surface area contributed by atoms with Gasteiger partial charge in [-0.1, -0.05) is 37.7 Å². The number of methoxy groups -OCH3 is 1. The Morgan fingerprint density at radius 2 is 1.93 bits per heavy atom. The lowest BCUT2D eigenvalue weighted by molar-refractivity contribution is -0.764. The number of carbonyl (C=O) groups excluding carboxylic acids is 1. The molecule has 0 fully saturated rings. The van der Waals surface area contributed by atoms with E-state index in [0.29, 0.717) is 6.61 Å². The highest BCUT2D eigenvalue weighted by molar-refractivity contribution is 7.99. The maximum Gasteiger partial charge on any atom is 0.315 e. The number of benzene rings is 2. The Morgan fingerprint density at radius 1 is 1.17 bits per heavy atom. The van der Waals surface area contributed by atoms with Gasteiger partial charge in [0.05, 0.1) is 31.1 Å². The lowest BCUT2D eigenvalue weighted by atomic mass is 10.1. The second-order valence-electron chi connectivity index (χ2n) is 7.10. The molecule has 1 aliphatic heterocycles. The summed E-state index contributed by atoms with van der Waals surface area (Å²) in [7, 11) is 1.66. The number of hydrogen-bond donors (Lipinski definition) is 1. The predicted octanol–water partition coefficient (Wildman–Crippen LogP) is 3.67. The number of fused-ring (bicyclic) bond motifs is 1. The standard InChI is InChI=1S/C23H30N2O3S/c1-5-24(6-2)14-9-15-28-21-13-12-18(27-4)16-19(21)23-25(17(3)26)20-10-7-8-11-22(20)29-23/h7-8,10-13,16,23H,5-6,9,14-15H2,1-4H3/p+1. The van der Waals surface area contributed by atoms with Crippen LogP contribution in [0, 0.1) is 0 Å². The molecule has 0 aliphatic carbocycles. The summed E-state index contributed by atoms with van der Waals surface area (Å²) in [4.78, 5) is 16.9. The highest BCUT2D eigenvalue weighted by Gasteiger charge is 2.41. The average molecular weight is 416 g/mol. The topological polar surface area (TPSA) is 43.2 Å². The number of nitrogens with zero attached hydrogens (tertiary/aromatic N) is 1. The van der Waals surface area contributed by atoms with Gasteiger partial charge in [0.15, 0.2) is 11.1 Å². The molecule has 5 nitrogen and oxygen atoms in total. The van der Waals surface area contributed by atoms with Gasteiger partial charge in [-0.15, -0.1) is 0 Å². The zero-order valence-corrected chi connectivity index (χ0v) is 18.6. The number of hydrogen-bond acceptors (Lipinski definition) is 5. The maximum atomic E-state index is 12.5. The van der Waals surface area contributed by atoms with Gasteiger partial charge in [-0.2, -0.15) is 0 Å². The molecule has 2 atom stereocenters. The molecule has 6 heteroatoms. The van der Waals surface area contributed by atoms with Gasteiger partial charge in [-0.05, 0) is 43.8 Å². The van der Waals surface area contributed by atoms with Crippen molar-refractivity contribution in [3.63, 3.8) is 0 Å². The minimum absolute atomic E-state index is 0.0854. The van der Waals surface area contributed by atoms with Crippen molar-refractivity contribution in [2.45, 2.75) is 37.5 Å². The smallest absolute Gasteiger partial charge is 0.315 e. The fraction of sp³-hybridized carbons (Fsp3) is 0.435. The molecular weight excluding hydrogens is 384 g/mol. The van der Waals surface area contributed by atoms with E-state index in [1.165, 1.54) is 0 Å². The number of para-hydroxylation sites is 1. The molecule has 0 spiro atoms. The van der Waals surface area contributed by atoms with Gasteiger partial charge in [0.25, 0.3) is 0 Å². The van der Waals surface area contributed by atoms with Crippen LogP contribution >= 0.6 is 11.8 Å². The molecule has 29 heavy (non-hydrogen) atoms. The number of quaternary nitrogens is 1. The number of thioether (sulfide) groups is 1. The average Bonchev–Trinajstić information content (AvgIpc) is 3.13. The van der Waals surface area contributed by atoms with Gasteiger partial charge >= 0.3 is 5.91 Å². The first-order valence-corrected chi connectivity index (χ1v) is 11.1. The fourth-order valence-electron chi connectivity index (χ4n) is 3.71. The highest BCUT2D eigenvalue weighted by atomic mass is 32.2. The van der Waals surface area contributed by atoms with Crippen LogP contribution in [0.4, 0.5) is 5.69 Å². The van der Waals surface area contributed by atoms with Crippen molar-refractivity contribution in [2.75, 3.05) is 33.4 Å². The Labute approximate surface area is 178 Å². The van der Waals surface area contributed by atoms with Gasteiger partial charge in [-0.3, -0.25) is 0 Å². The van der Waals surface area contributed by atoms with Gasteiger partial charge in [0.2, 0.25) is 0 Å². The summed E-state index contributed by atoms with van der Waals surface area (Å²) in [5, 5.41) is -0.0854. The third-order valence-electron chi connectivity index (χ3n) is 5.33. The Balaban J connectivity index is 1.83. The first-order valence-electron chi connectivity index (χ1n) is 10.3. The monoisotopic (exact) mass is 415 g/mol. The van der Waals surface area contributed by atoms with E-state index in [0.717, 1.165) is 58.6 Å². The van der Waals surface area contributed by atoms with Crippen LogP contribution in [0.15, 0.2) is 47.4 Å². The zero-order chi connectivity index (χ0) is 20.8. The van der Waals surface area contributed by atoms with Crippen LogP contribution in [0.3, 0.4) is 0 Å². The fourth-order valence-corrected chi connectivity index (χ4v) is 5.15. The zero-order valence-electron chi connectivity index (χ0n) is 17.7. The largest absolute Gasteiger partial charge is 0.497 e. The van der Waals surface area contributed by atoms with Crippen LogP contribution in [0.1, 0.15) is 38.1 Å². The summed E-state index contributed by atoms with van der Waals surface area (Å²) >= 11 is 1.71.